The minimum Gasteiger partial charge on any atom is -0.365 e. The van der Waals surface area contributed by atoms with Crippen LogP contribution in [0.1, 0.15) is 67.7 Å². The number of halogens is 2. The van der Waals surface area contributed by atoms with Crippen molar-refractivity contribution in [2.24, 2.45) is 5.92 Å². The van der Waals surface area contributed by atoms with Crippen molar-refractivity contribution >= 4 is 34.9 Å². The Hall–Kier alpha value is -3.39. The van der Waals surface area contributed by atoms with E-state index in [0.29, 0.717) is 58.7 Å². The number of fused-ring (bicyclic) bond motifs is 1. The number of carbonyl (C=O) groups excluding carboxylic acids is 1. The maximum atomic E-state index is 14.3. The van der Waals surface area contributed by atoms with E-state index in [1.165, 1.54) is 12.5 Å². The van der Waals surface area contributed by atoms with E-state index in [-0.39, 0.29) is 16.9 Å². The summed E-state index contributed by atoms with van der Waals surface area (Å²) in [6.07, 6.45) is 5.92. The standard InChI is InChI=1S/C27H28ClFN6O/c1-15(2)19-9-10-30-22(12-19)27-34-26-24(35(27)13-17-7-8-20(28)21(29)11-17)25(32-23(14-36)33-26)31-16(3)18-5-4-6-18/h7-12,14-16,18H,4-6,13H2,1-3H3,(H,31,32,33)/t16-/m1/s1. The molecule has 4 aromatic rings. The molecule has 5 rings (SSSR count). The van der Waals surface area contributed by atoms with Crippen LogP contribution in [0.2, 0.25) is 5.02 Å². The van der Waals surface area contributed by atoms with E-state index in [1.807, 2.05) is 16.7 Å². The lowest BCUT2D eigenvalue weighted by atomic mass is 9.80. The van der Waals surface area contributed by atoms with Gasteiger partial charge in [0.15, 0.2) is 29.4 Å². The van der Waals surface area contributed by atoms with Gasteiger partial charge in [0.1, 0.15) is 17.0 Å². The Balaban J connectivity index is 1.71. The second kappa shape index (κ2) is 9.93. The van der Waals surface area contributed by atoms with Gasteiger partial charge in [-0.05, 0) is 67.0 Å². The van der Waals surface area contributed by atoms with Crippen LogP contribution in [0, 0.1) is 11.7 Å². The summed E-state index contributed by atoms with van der Waals surface area (Å²) >= 11 is 5.93. The van der Waals surface area contributed by atoms with Gasteiger partial charge in [0.25, 0.3) is 0 Å². The Morgan fingerprint density at radius 2 is 1.97 bits per heavy atom. The van der Waals surface area contributed by atoms with E-state index in [1.54, 1.807) is 18.3 Å². The molecule has 0 aliphatic heterocycles. The highest BCUT2D eigenvalue weighted by Crippen LogP contribution is 2.34. The van der Waals surface area contributed by atoms with E-state index >= 15 is 0 Å². The first-order chi connectivity index (χ1) is 17.3. The molecule has 1 aromatic carbocycles. The zero-order chi connectivity index (χ0) is 25.4. The van der Waals surface area contributed by atoms with Crippen molar-refractivity contribution in [3.8, 4) is 11.5 Å². The number of benzene rings is 1. The van der Waals surface area contributed by atoms with E-state index in [4.69, 9.17) is 16.6 Å². The van der Waals surface area contributed by atoms with Gasteiger partial charge >= 0.3 is 0 Å². The number of hydrogen-bond acceptors (Lipinski definition) is 6. The van der Waals surface area contributed by atoms with Gasteiger partial charge < -0.3 is 9.88 Å². The summed E-state index contributed by atoms with van der Waals surface area (Å²) in [5.41, 5.74) is 3.52. The van der Waals surface area contributed by atoms with Gasteiger partial charge in [-0.3, -0.25) is 9.78 Å². The number of pyridine rings is 1. The predicted molar refractivity (Wildman–Crippen MR) is 139 cm³/mol. The Kier molecular flexibility index (Phi) is 6.71. The molecule has 1 N–H and O–H groups in total. The third-order valence-electron chi connectivity index (χ3n) is 6.95. The van der Waals surface area contributed by atoms with Crippen molar-refractivity contribution in [1.82, 2.24) is 24.5 Å². The largest absolute Gasteiger partial charge is 0.365 e. The van der Waals surface area contributed by atoms with Gasteiger partial charge in [-0.15, -0.1) is 0 Å². The number of anilines is 1. The Labute approximate surface area is 214 Å². The number of imidazole rings is 1. The highest BCUT2D eigenvalue weighted by Gasteiger charge is 2.27. The summed E-state index contributed by atoms with van der Waals surface area (Å²) in [7, 11) is 0. The Morgan fingerprint density at radius 3 is 2.64 bits per heavy atom. The summed E-state index contributed by atoms with van der Waals surface area (Å²) in [5.74, 6) is 1.52. The van der Waals surface area contributed by atoms with Crippen LogP contribution in [0.3, 0.4) is 0 Å². The van der Waals surface area contributed by atoms with Gasteiger partial charge in [0.2, 0.25) is 0 Å². The summed E-state index contributed by atoms with van der Waals surface area (Å²) < 4.78 is 16.3. The fraction of sp³-hybridized carbons (Fsp3) is 0.370. The molecule has 0 radical (unpaired) electrons. The van der Waals surface area contributed by atoms with Crippen molar-refractivity contribution in [2.45, 2.75) is 58.5 Å². The first-order valence-electron chi connectivity index (χ1n) is 12.2. The lowest BCUT2D eigenvalue weighted by Crippen LogP contribution is -2.31. The summed E-state index contributed by atoms with van der Waals surface area (Å²) in [6, 6.07) is 8.89. The van der Waals surface area contributed by atoms with Crippen molar-refractivity contribution in [3.05, 3.63) is 64.3 Å². The van der Waals surface area contributed by atoms with E-state index in [0.717, 1.165) is 18.4 Å². The average molecular weight is 507 g/mol. The predicted octanol–water partition coefficient (Wildman–Crippen LogP) is 6.27. The van der Waals surface area contributed by atoms with Crippen LogP contribution in [0.15, 0.2) is 36.5 Å². The van der Waals surface area contributed by atoms with Crippen LogP contribution in [0.25, 0.3) is 22.7 Å². The van der Waals surface area contributed by atoms with Crippen molar-refractivity contribution in [2.75, 3.05) is 5.32 Å². The molecule has 36 heavy (non-hydrogen) atoms. The topological polar surface area (TPSA) is 85.6 Å². The highest BCUT2D eigenvalue weighted by molar-refractivity contribution is 6.30. The van der Waals surface area contributed by atoms with E-state index in [9.17, 15) is 9.18 Å². The number of carbonyl (C=O) groups is 1. The molecule has 1 saturated carbocycles. The van der Waals surface area contributed by atoms with Gasteiger partial charge in [-0.25, -0.2) is 19.3 Å². The minimum atomic E-state index is -0.489. The maximum Gasteiger partial charge on any atom is 0.196 e. The number of nitrogens with zero attached hydrogens (tertiary/aromatic N) is 5. The molecule has 1 fully saturated rings. The average Bonchev–Trinajstić information content (AvgIpc) is 3.18. The zero-order valence-electron chi connectivity index (χ0n) is 20.5. The number of aldehydes is 1. The molecule has 1 aliphatic carbocycles. The second-order valence-corrected chi connectivity index (χ2v) is 10.2. The molecular formula is C27H28ClFN6O. The van der Waals surface area contributed by atoms with Gasteiger partial charge in [-0.1, -0.05) is 37.9 Å². The molecule has 0 bridgehead atoms. The number of rotatable bonds is 8. The highest BCUT2D eigenvalue weighted by atomic mass is 35.5. The quantitative estimate of drug-likeness (QED) is 0.284. The Bertz CT molecular complexity index is 1430. The lowest BCUT2D eigenvalue weighted by molar-refractivity contribution is 0.111. The van der Waals surface area contributed by atoms with Crippen LogP contribution in [0.4, 0.5) is 10.2 Å². The molecule has 9 heteroatoms. The Morgan fingerprint density at radius 1 is 1.17 bits per heavy atom. The van der Waals surface area contributed by atoms with E-state index < -0.39 is 5.82 Å². The van der Waals surface area contributed by atoms with Gasteiger partial charge in [0, 0.05) is 12.2 Å². The van der Waals surface area contributed by atoms with Crippen LogP contribution in [0.5, 0.6) is 0 Å². The minimum absolute atomic E-state index is 0.0587. The monoisotopic (exact) mass is 506 g/mol. The van der Waals surface area contributed by atoms with Crippen LogP contribution < -0.4 is 5.32 Å². The molecule has 0 spiro atoms. The van der Waals surface area contributed by atoms with Crippen molar-refractivity contribution < 1.29 is 9.18 Å². The summed E-state index contributed by atoms with van der Waals surface area (Å²) in [4.78, 5) is 30.0. The molecule has 186 valence electrons. The summed E-state index contributed by atoms with van der Waals surface area (Å²) in [5, 5.41) is 3.58. The van der Waals surface area contributed by atoms with Gasteiger partial charge in [-0.2, -0.15) is 0 Å². The van der Waals surface area contributed by atoms with Crippen molar-refractivity contribution in [1.29, 1.82) is 0 Å². The third-order valence-corrected chi connectivity index (χ3v) is 7.26. The number of hydrogen-bond donors (Lipinski definition) is 1. The fourth-order valence-corrected chi connectivity index (χ4v) is 4.70. The fourth-order valence-electron chi connectivity index (χ4n) is 4.58. The maximum absolute atomic E-state index is 14.3. The lowest BCUT2D eigenvalue weighted by Gasteiger charge is -2.32. The zero-order valence-corrected chi connectivity index (χ0v) is 21.3. The second-order valence-electron chi connectivity index (χ2n) is 9.74. The first-order valence-corrected chi connectivity index (χ1v) is 12.6. The number of nitrogens with one attached hydrogen (secondary N) is 1. The third kappa shape index (κ3) is 4.69. The molecule has 3 aromatic heterocycles. The molecule has 0 unspecified atom stereocenters. The first kappa shape index (κ1) is 24.3. The molecule has 0 amide bonds. The normalized spacial score (nSPS) is 14.7. The SMILES string of the molecule is CC(C)c1ccnc(-c2nc3nc(C=O)nc(N[C@H](C)C4CCC4)c3n2Cc2ccc(Cl)c(F)c2)c1. The molecule has 3 heterocycles. The summed E-state index contributed by atoms with van der Waals surface area (Å²) in [6.45, 7) is 6.65. The van der Waals surface area contributed by atoms with Gasteiger partial charge in [0.05, 0.1) is 11.6 Å². The van der Waals surface area contributed by atoms with E-state index in [2.05, 4.69) is 41.0 Å². The number of aromatic nitrogens is 5. The molecule has 1 aliphatic rings. The molecule has 7 nitrogen and oxygen atoms in total. The van der Waals surface area contributed by atoms with Crippen LogP contribution in [-0.4, -0.2) is 36.8 Å². The van der Waals surface area contributed by atoms with Crippen LogP contribution >= 0.6 is 11.6 Å². The molecule has 1 atom stereocenters. The molecule has 0 saturated heterocycles. The smallest absolute Gasteiger partial charge is 0.196 e. The van der Waals surface area contributed by atoms with Crippen molar-refractivity contribution in [3.63, 3.8) is 0 Å². The van der Waals surface area contributed by atoms with Crippen LogP contribution in [-0.2, 0) is 6.54 Å². The molecular weight excluding hydrogens is 479 g/mol.